The smallest absolute Gasteiger partial charge is 0.414 e. The third-order valence-electron chi connectivity index (χ3n) is 7.99. The predicted octanol–water partition coefficient (Wildman–Crippen LogP) is 2.86. The van der Waals surface area contributed by atoms with Crippen molar-refractivity contribution in [2.75, 3.05) is 42.6 Å². The molecule has 32 heavy (non-hydrogen) atoms. The van der Waals surface area contributed by atoms with E-state index in [9.17, 15) is 14.7 Å². The van der Waals surface area contributed by atoms with Crippen LogP contribution in [0, 0.1) is 12.3 Å². The molecule has 8 nitrogen and oxygen atoms in total. The van der Waals surface area contributed by atoms with Gasteiger partial charge in [0.05, 0.1) is 30.0 Å². The maximum atomic E-state index is 13.4. The lowest BCUT2D eigenvalue weighted by Crippen LogP contribution is -2.47. The van der Waals surface area contributed by atoms with Gasteiger partial charge in [-0.3, -0.25) is 9.69 Å². The fraction of sp³-hybridized carbons (Fsp3) is 0.708. The molecule has 4 heterocycles. The van der Waals surface area contributed by atoms with Gasteiger partial charge in [-0.15, -0.1) is 0 Å². The first-order valence-corrected chi connectivity index (χ1v) is 12.1. The molecule has 4 fully saturated rings. The Morgan fingerprint density at radius 2 is 1.78 bits per heavy atom. The molecule has 0 atom stereocenters. The zero-order chi connectivity index (χ0) is 22.3. The Kier molecular flexibility index (Phi) is 5.73. The minimum absolute atomic E-state index is 0.191. The Balaban J connectivity index is 1.23. The molecule has 2 amide bonds. The first-order chi connectivity index (χ1) is 15.5. The first kappa shape index (κ1) is 21.5. The highest BCUT2D eigenvalue weighted by Gasteiger charge is 2.50. The van der Waals surface area contributed by atoms with Crippen LogP contribution in [0.5, 0.6) is 0 Å². The fourth-order valence-corrected chi connectivity index (χ4v) is 5.99. The van der Waals surface area contributed by atoms with Gasteiger partial charge >= 0.3 is 6.09 Å². The van der Waals surface area contributed by atoms with Crippen LogP contribution >= 0.6 is 0 Å². The van der Waals surface area contributed by atoms with Gasteiger partial charge in [0.1, 0.15) is 5.82 Å². The largest absolute Gasteiger partial charge is 0.449 e. The van der Waals surface area contributed by atoms with E-state index in [1.54, 1.807) is 11.1 Å². The molecule has 0 radical (unpaired) electrons. The minimum Gasteiger partial charge on any atom is -0.449 e. The quantitative estimate of drug-likeness (QED) is 0.775. The number of carbonyl (C=O) groups excluding carboxylic acids is 2. The molecule has 174 valence electrons. The van der Waals surface area contributed by atoms with E-state index < -0.39 is 0 Å². The van der Waals surface area contributed by atoms with Crippen LogP contribution in [0.25, 0.3) is 0 Å². The summed E-state index contributed by atoms with van der Waals surface area (Å²) in [6.07, 6.45) is 8.23. The lowest BCUT2D eigenvalue weighted by atomic mass is 9.77. The second-order valence-electron chi connectivity index (χ2n) is 9.93. The molecule has 1 aromatic rings. The van der Waals surface area contributed by atoms with Crippen molar-refractivity contribution in [3.63, 3.8) is 0 Å². The molecule has 0 bridgehead atoms. The van der Waals surface area contributed by atoms with Gasteiger partial charge in [0, 0.05) is 32.2 Å². The number of aryl methyl sites for hydroxylation is 1. The summed E-state index contributed by atoms with van der Waals surface area (Å²) in [5.41, 5.74) is 1.60. The molecular formula is C24H34N4O4. The number of cyclic esters (lactones) is 1. The van der Waals surface area contributed by atoms with Crippen molar-refractivity contribution < 1.29 is 19.4 Å². The number of likely N-dealkylation sites (tertiary alicyclic amines) is 1. The molecule has 1 aliphatic carbocycles. The second-order valence-corrected chi connectivity index (χ2v) is 9.93. The molecule has 8 heteroatoms. The molecule has 1 spiro atoms. The van der Waals surface area contributed by atoms with Crippen LogP contribution in [0.15, 0.2) is 12.3 Å². The molecule has 4 aliphatic rings. The summed E-state index contributed by atoms with van der Waals surface area (Å²) >= 11 is 0. The van der Waals surface area contributed by atoms with Crippen LogP contribution in [0.2, 0.25) is 0 Å². The number of piperidine rings is 1. The van der Waals surface area contributed by atoms with Gasteiger partial charge in [-0.25, -0.2) is 9.78 Å². The highest BCUT2D eigenvalue weighted by Crippen LogP contribution is 2.44. The number of aromatic nitrogens is 1. The Labute approximate surface area is 189 Å². The van der Waals surface area contributed by atoms with E-state index in [0.29, 0.717) is 25.1 Å². The number of rotatable bonds is 3. The maximum Gasteiger partial charge on any atom is 0.414 e. The number of anilines is 2. The Bertz CT molecular complexity index is 875. The average Bonchev–Trinajstić information content (AvgIpc) is 3.11. The van der Waals surface area contributed by atoms with Crippen LogP contribution in [-0.4, -0.2) is 71.9 Å². The van der Waals surface area contributed by atoms with Gasteiger partial charge in [0.15, 0.2) is 0 Å². The lowest BCUT2D eigenvalue weighted by Gasteiger charge is -2.40. The van der Waals surface area contributed by atoms with Gasteiger partial charge < -0.3 is 19.6 Å². The molecular weight excluding hydrogens is 408 g/mol. The number of pyridine rings is 1. The molecule has 5 rings (SSSR count). The van der Waals surface area contributed by atoms with E-state index in [-0.39, 0.29) is 17.6 Å². The number of amides is 2. The number of aliphatic hydroxyl groups is 1. The minimum atomic E-state index is -0.304. The number of nitrogens with zero attached hydrogens (tertiary/aromatic N) is 4. The zero-order valence-electron chi connectivity index (χ0n) is 19.0. The van der Waals surface area contributed by atoms with Crippen molar-refractivity contribution in [2.45, 2.75) is 70.4 Å². The van der Waals surface area contributed by atoms with Crippen LogP contribution in [-0.2, 0) is 9.53 Å². The molecule has 1 aromatic heterocycles. The highest BCUT2D eigenvalue weighted by atomic mass is 16.6. The Morgan fingerprint density at radius 1 is 1.06 bits per heavy atom. The predicted molar refractivity (Wildman–Crippen MR) is 121 cm³/mol. The fourth-order valence-electron chi connectivity index (χ4n) is 5.99. The SMILES string of the molecule is Cc1cc(N2CCCOC2=O)cnc1N1CCC2(CC1)CCN(C1CCC(O)CC1)C2=O. The zero-order valence-corrected chi connectivity index (χ0v) is 19.0. The third kappa shape index (κ3) is 3.83. The molecule has 0 aromatic carbocycles. The van der Waals surface area contributed by atoms with Crippen LogP contribution in [0.4, 0.5) is 16.3 Å². The third-order valence-corrected chi connectivity index (χ3v) is 7.99. The summed E-state index contributed by atoms with van der Waals surface area (Å²) in [6.45, 7) is 5.67. The Hall–Kier alpha value is -2.35. The summed E-state index contributed by atoms with van der Waals surface area (Å²) in [5, 5.41) is 9.80. The van der Waals surface area contributed by atoms with Crippen molar-refractivity contribution in [3.8, 4) is 0 Å². The number of ether oxygens (including phenoxy) is 1. The summed E-state index contributed by atoms with van der Waals surface area (Å²) in [7, 11) is 0. The highest BCUT2D eigenvalue weighted by molar-refractivity contribution is 5.88. The summed E-state index contributed by atoms with van der Waals surface area (Å²) in [4.78, 5) is 36.2. The number of carbonyl (C=O) groups is 2. The maximum absolute atomic E-state index is 13.4. The summed E-state index contributed by atoms with van der Waals surface area (Å²) < 4.78 is 5.15. The average molecular weight is 443 g/mol. The van der Waals surface area contributed by atoms with Gasteiger partial charge in [-0.2, -0.15) is 0 Å². The van der Waals surface area contributed by atoms with Gasteiger partial charge in [0.25, 0.3) is 0 Å². The molecule has 3 saturated heterocycles. The normalized spacial score (nSPS) is 28.4. The van der Waals surface area contributed by atoms with Crippen molar-refractivity contribution in [1.29, 1.82) is 0 Å². The number of hydrogen-bond acceptors (Lipinski definition) is 6. The topological polar surface area (TPSA) is 86.2 Å². The standard InChI is InChI=1S/C24H34N4O4/c1-17-15-19(28-10-2-14-32-23(28)31)16-25-21(17)26-11-7-24(8-12-26)9-13-27(22(24)30)18-3-5-20(29)6-4-18/h15-16,18,20,29H,2-14H2,1H3. The van der Waals surface area contributed by atoms with Crippen molar-refractivity contribution in [2.24, 2.45) is 5.41 Å². The van der Waals surface area contributed by atoms with E-state index in [1.807, 2.05) is 13.0 Å². The van der Waals surface area contributed by atoms with Gasteiger partial charge in [0.2, 0.25) is 5.91 Å². The molecule has 1 saturated carbocycles. The van der Waals surface area contributed by atoms with Crippen LogP contribution in [0.3, 0.4) is 0 Å². The van der Waals surface area contributed by atoms with Crippen LogP contribution in [0.1, 0.15) is 56.9 Å². The van der Waals surface area contributed by atoms with Crippen molar-refractivity contribution >= 4 is 23.5 Å². The van der Waals surface area contributed by atoms with E-state index in [2.05, 4.69) is 9.80 Å². The monoisotopic (exact) mass is 442 g/mol. The molecule has 1 N–H and O–H groups in total. The van der Waals surface area contributed by atoms with Crippen molar-refractivity contribution in [3.05, 3.63) is 17.8 Å². The number of hydrogen-bond donors (Lipinski definition) is 1. The summed E-state index contributed by atoms with van der Waals surface area (Å²) in [5.74, 6) is 1.28. The molecule has 3 aliphatic heterocycles. The first-order valence-electron chi connectivity index (χ1n) is 12.1. The Morgan fingerprint density at radius 3 is 2.47 bits per heavy atom. The van der Waals surface area contributed by atoms with E-state index in [4.69, 9.17) is 9.72 Å². The van der Waals surface area contributed by atoms with E-state index in [1.165, 1.54) is 0 Å². The van der Waals surface area contributed by atoms with Gasteiger partial charge in [-0.1, -0.05) is 0 Å². The van der Waals surface area contributed by atoms with E-state index in [0.717, 1.165) is 88.1 Å². The van der Waals surface area contributed by atoms with Crippen molar-refractivity contribution in [1.82, 2.24) is 9.88 Å². The second kappa shape index (κ2) is 8.54. The molecule has 0 unspecified atom stereocenters. The van der Waals surface area contributed by atoms with Gasteiger partial charge in [-0.05, 0) is 69.9 Å². The summed E-state index contributed by atoms with van der Waals surface area (Å²) in [6, 6.07) is 2.32. The van der Waals surface area contributed by atoms with E-state index >= 15 is 0 Å². The number of aliphatic hydroxyl groups excluding tert-OH is 1. The lowest BCUT2D eigenvalue weighted by molar-refractivity contribution is -0.139. The van der Waals surface area contributed by atoms with Crippen LogP contribution < -0.4 is 9.80 Å².